The van der Waals surface area contributed by atoms with Crippen LogP contribution in [-0.2, 0) is 5.75 Å². The van der Waals surface area contributed by atoms with E-state index < -0.39 is 0 Å². The summed E-state index contributed by atoms with van der Waals surface area (Å²) in [4.78, 5) is 18.1. The lowest BCUT2D eigenvalue weighted by Crippen LogP contribution is -2.15. The number of ether oxygens (including phenoxy) is 3. The maximum Gasteiger partial charge on any atom is 0.280 e. The van der Waals surface area contributed by atoms with E-state index in [0.29, 0.717) is 33.8 Å². The topological polar surface area (TPSA) is 75.5 Å². The van der Waals surface area contributed by atoms with Gasteiger partial charge in [0.2, 0.25) is 0 Å². The standard InChI is InChI=1S/C25H23N3O4S/c1-30-20-12-9-18(10-13-20)23-26-25(33-16-17-7-5-4-6-8-17)28(27-23)24(29)19-11-14-21(31-2)22(15-19)32-3/h4-15H,16H2,1-3H3. The van der Waals surface area contributed by atoms with Crippen molar-refractivity contribution >= 4 is 17.7 Å². The highest BCUT2D eigenvalue weighted by Gasteiger charge is 2.21. The summed E-state index contributed by atoms with van der Waals surface area (Å²) in [5.41, 5.74) is 2.33. The summed E-state index contributed by atoms with van der Waals surface area (Å²) in [6, 6.07) is 22.4. The molecule has 0 aliphatic carbocycles. The predicted octanol–water partition coefficient (Wildman–Crippen LogP) is 4.95. The second-order valence-corrected chi connectivity index (χ2v) is 7.95. The summed E-state index contributed by atoms with van der Waals surface area (Å²) in [5, 5.41) is 5.05. The van der Waals surface area contributed by atoms with Crippen molar-refractivity contribution in [3.05, 3.63) is 83.9 Å². The van der Waals surface area contributed by atoms with E-state index in [1.54, 1.807) is 32.4 Å². The molecule has 0 atom stereocenters. The molecule has 0 radical (unpaired) electrons. The van der Waals surface area contributed by atoms with Crippen molar-refractivity contribution in [1.29, 1.82) is 0 Å². The first-order valence-corrected chi connectivity index (χ1v) is 11.2. The number of carbonyl (C=O) groups is 1. The Kier molecular flexibility index (Phi) is 6.95. The van der Waals surface area contributed by atoms with Crippen molar-refractivity contribution in [2.24, 2.45) is 0 Å². The molecule has 0 amide bonds. The quantitative estimate of drug-likeness (QED) is 0.344. The SMILES string of the molecule is COc1ccc(-c2nc(SCc3ccccc3)n(C(=O)c3ccc(OC)c(OC)c3)n2)cc1. The largest absolute Gasteiger partial charge is 0.497 e. The third-order valence-electron chi connectivity index (χ3n) is 4.96. The van der Waals surface area contributed by atoms with Crippen molar-refractivity contribution in [2.45, 2.75) is 10.9 Å². The lowest BCUT2D eigenvalue weighted by atomic mass is 10.2. The second kappa shape index (κ2) is 10.2. The molecule has 0 N–H and O–H groups in total. The van der Waals surface area contributed by atoms with Gasteiger partial charge in [-0.05, 0) is 48.0 Å². The zero-order chi connectivity index (χ0) is 23.2. The van der Waals surface area contributed by atoms with Crippen LogP contribution in [0.3, 0.4) is 0 Å². The molecular formula is C25H23N3O4S. The van der Waals surface area contributed by atoms with Gasteiger partial charge in [0.1, 0.15) is 5.75 Å². The van der Waals surface area contributed by atoms with Crippen LogP contribution in [0.5, 0.6) is 17.2 Å². The Hall–Kier alpha value is -3.78. The molecule has 4 rings (SSSR count). The highest BCUT2D eigenvalue weighted by Crippen LogP contribution is 2.30. The van der Waals surface area contributed by atoms with Gasteiger partial charge in [0.25, 0.3) is 5.91 Å². The molecule has 168 valence electrons. The molecule has 4 aromatic rings. The first kappa shape index (κ1) is 22.4. The zero-order valence-corrected chi connectivity index (χ0v) is 19.3. The number of hydrogen-bond donors (Lipinski definition) is 0. The number of methoxy groups -OCH3 is 3. The van der Waals surface area contributed by atoms with Gasteiger partial charge in [0, 0.05) is 16.9 Å². The van der Waals surface area contributed by atoms with Crippen molar-refractivity contribution in [1.82, 2.24) is 14.8 Å². The van der Waals surface area contributed by atoms with Crippen LogP contribution in [0.1, 0.15) is 15.9 Å². The molecule has 0 fully saturated rings. The van der Waals surface area contributed by atoms with Crippen LogP contribution in [0.4, 0.5) is 0 Å². The first-order valence-electron chi connectivity index (χ1n) is 10.2. The van der Waals surface area contributed by atoms with Crippen LogP contribution >= 0.6 is 11.8 Å². The van der Waals surface area contributed by atoms with Crippen molar-refractivity contribution in [3.8, 4) is 28.6 Å². The minimum Gasteiger partial charge on any atom is -0.497 e. The van der Waals surface area contributed by atoms with Gasteiger partial charge in [-0.2, -0.15) is 4.68 Å². The highest BCUT2D eigenvalue weighted by molar-refractivity contribution is 7.98. The molecule has 0 spiro atoms. The third-order valence-corrected chi connectivity index (χ3v) is 5.96. The first-order chi connectivity index (χ1) is 16.1. The summed E-state index contributed by atoms with van der Waals surface area (Å²) in [6.45, 7) is 0. The fourth-order valence-electron chi connectivity index (χ4n) is 3.20. The van der Waals surface area contributed by atoms with Crippen LogP contribution in [0.15, 0.2) is 78.0 Å². The van der Waals surface area contributed by atoms with Gasteiger partial charge < -0.3 is 14.2 Å². The molecule has 33 heavy (non-hydrogen) atoms. The highest BCUT2D eigenvalue weighted by atomic mass is 32.2. The average Bonchev–Trinajstić information content (AvgIpc) is 3.31. The molecule has 1 heterocycles. The number of carbonyl (C=O) groups excluding carboxylic acids is 1. The number of rotatable bonds is 8. The Balaban J connectivity index is 1.70. The molecule has 3 aromatic carbocycles. The van der Waals surface area contributed by atoms with Crippen LogP contribution in [-0.4, -0.2) is 42.0 Å². The fraction of sp³-hybridized carbons (Fsp3) is 0.160. The average molecular weight is 462 g/mol. The van der Waals surface area contributed by atoms with Gasteiger partial charge in [-0.1, -0.05) is 42.1 Å². The van der Waals surface area contributed by atoms with E-state index in [0.717, 1.165) is 16.9 Å². The van der Waals surface area contributed by atoms with Gasteiger partial charge in [0.05, 0.1) is 21.3 Å². The number of aromatic nitrogens is 3. The molecule has 0 unspecified atom stereocenters. The van der Waals surface area contributed by atoms with E-state index in [1.807, 2.05) is 54.6 Å². The van der Waals surface area contributed by atoms with E-state index in [2.05, 4.69) is 10.1 Å². The molecule has 0 aliphatic rings. The predicted molar refractivity (Wildman–Crippen MR) is 127 cm³/mol. The molecule has 8 heteroatoms. The summed E-state index contributed by atoms with van der Waals surface area (Å²) < 4.78 is 17.2. The molecule has 0 aliphatic heterocycles. The van der Waals surface area contributed by atoms with E-state index in [4.69, 9.17) is 14.2 Å². The number of benzene rings is 3. The fourth-order valence-corrected chi connectivity index (χ4v) is 4.08. The van der Waals surface area contributed by atoms with E-state index in [1.165, 1.54) is 23.6 Å². The Labute approximate surface area is 196 Å². The summed E-state index contributed by atoms with van der Waals surface area (Å²) in [6.07, 6.45) is 0. The monoisotopic (exact) mass is 461 g/mol. The molecule has 7 nitrogen and oxygen atoms in total. The molecule has 0 bridgehead atoms. The lowest BCUT2D eigenvalue weighted by Gasteiger charge is -2.09. The van der Waals surface area contributed by atoms with Gasteiger partial charge in [-0.25, -0.2) is 4.98 Å². The Morgan fingerprint density at radius 3 is 2.27 bits per heavy atom. The van der Waals surface area contributed by atoms with Crippen LogP contribution < -0.4 is 14.2 Å². The number of thioether (sulfide) groups is 1. The zero-order valence-electron chi connectivity index (χ0n) is 18.5. The van der Waals surface area contributed by atoms with Crippen LogP contribution in [0.25, 0.3) is 11.4 Å². The van der Waals surface area contributed by atoms with Gasteiger partial charge >= 0.3 is 0 Å². The van der Waals surface area contributed by atoms with E-state index >= 15 is 0 Å². The summed E-state index contributed by atoms with van der Waals surface area (Å²) >= 11 is 1.45. The molecule has 0 saturated heterocycles. The Morgan fingerprint density at radius 1 is 0.879 bits per heavy atom. The van der Waals surface area contributed by atoms with Crippen LogP contribution in [0.2, 0.25) is 0 Å². The number of hydrogen-bond acceptors (Lipinski definition) is 7. The minimum atomic E-state index is -0.307. The molecule has 1 aromatic heterocycles. The van der Waals surface area contributed by atoms with E-state index in [9.17, 15) is 4.79 Å². The normalized spacial score (nSPS) is 10.6. The van der Waals surface area contributed by atoms with Gasteiger partial charge in [0.15, 0.2) is 22.5 Å². The Morgan fingerprint density at radius 2 is 1.61 bits per heavy atom. The van der Waals surface area contributed by atoms with E-state index in [-0.39, 0.29) is 5.91 Å². The molecule has 0 saturated carbocycles. The van der Waals surface area contributed by atoms with Crippen molar-refractivity contribution < 1.29 is 19.0 Å². The van der Waals surface area contributed by atoms with Gasteiger partial charge in [-0.15, -0.1) is 5.10 Å². The summed E-state index contributed by atoms with van der Waals surface area (Å²) in [7, 11) is 4.70. The molecular weight excluding hydrogens is 438 g/mol. The van der Waals surface area contributed by atoms with Crippen molar-refractivity contribution in [2.75, 3.05) is 21.3 Å². The Bertz CT molecular complexity index is 1240. The van der Waals surface area contributed by atoms with Crippen molar-refractivity contribution in [3.63, 3.8) is 0 Å². The smallest absolute Gasteiger partial charge is 0.280 e. The second-order valence-electron chi connectivity index (χ2n) is 7.01. The summed E-state index contributed by atoms with van der Waals surface area (Å²) in [5.74, 6) is 2.56. The van der Waals surface area contributed by atoms with Crippen LogP contribution in [0, 0.1) is 0 Å². The number of nitrogens with zero attached hydrogens (tertiary/aromatic N) is 3. The van der Waals surface area contributed by atoms with Gasteiger partial charge in [-0.3, -0.25) is 4.79 Å². The third kappa shape index (κ3) is 5.01. The lowest BCUT2D eigenvalue weighted by molar-refractivity contribution is 0.0933. The maximum absolute atomic E-state index is 13.4. The maximum atomic E-state index is 13.4. The minimum absolute atomic E-state index is 0.307.